The number of rotatable bonds is 4. The van der Waals surface area contributed by atoms with Crippen LogP contribution in [-0.2, 0) is 12.4 Å². The number of hydrogen-bond acceptors (Lipinski definition) is 0. The van der Waals surface area contributed by atoms with Gasteiger partial charge in [-0.2, -0.15) is 0 Å². The molecule has 5 heteroatoms. The lowest BCUT2D eigenvalue weighted by molar-refractivity contribution is -1.09. The predicted molar refractivity (Wildman–Crippen MR) is 80.0 cm³/mol. The van der Waals surface area contributed by atoms with E-state index < -0.39 is 0 Å². The fraction of sp³-hybridized carbons (Fsp3) is 0.625. The Bertz CT molecular complexity index is 426. The molecule has 3 aliphatic rings. The van der Waals surface area contributed by atoms with Gasteiger partial charge in [0.1, 0.15) is 45.8 Å². The number of likely N-dealkylation sites (N-methyl/N-ethyl adjacent to an activating group) is 1. The molecule has 0 N–H and O–H groups in total. The number of alkyl halides is 1. The summed E-state index contributed by atoms with van der Waals surface area (Å²) < 4.78 is 2.70. The van der Waals surface area contributed by atoms with Crippen molar-refractivity contribution < 1.29 is 38.4 Å². The topological polar surface area (TPSA) is 0 Å². The Kier molecular flexibility index (Phi) is 7.01. The summed E-state index contributed by atoms with van der Waals surface area (Å²) in [5, 5.41) is 0. The number of nitrogens with zero attached hydrogens (tertiary/aromatic N) is 2. The predicted octanol–water partition coefficient (Wildman–Crippen LogP) is -3.39. The summed E-state index contributed by atoms with van der Waals surface area (Å²) in [6.45, 7) is 13.1. The van der Waals surface area contributed by atoms with Crippen molar-refractivity contribution in [1.29, 1.82) is 0 Å². The molecule has 3 aliphatic heterocycles. The van der Waals surface area contributed by atoms with Gasteiger partial charge in [0.2, 0.25) is 0 Å². The smallest absolute Gasteiger partial charge is 0.129 e. The Morgan fingerprint density at radius 3 is 1.71 bits per heavy atom. The minimum Gasteiger partial charge on any atom is -1.00 e. The SMILES string of the molecule is CC[N+]12CC[N+](Cc3ccc(CCl)cc3)(CC1)CC2.[Br-].[Cl-]. The molecule has 2 bridgehead atoms. The quantitative estimate of drug-likeness (QED) is 0.368. The van der Waals surface area contributed by atoms with Crippen LogP contribution in [0.1, 0.15) is 18.1 Å². The van der Waals surface area contributed by atoms with E-state index in [1.807, 2.05) is 0 Å². The molecule has 2 nitrogen and oxygen atoms in total. The first kappa shape index (κ1) is 19.2. The fourth-order valence-electron chi connectivity index (χ4n) is 3.78. The van der Waals surface area contributed by atoms with E-state index in [2.05, 4.69) is 31.2 Å². The summed E-state index contributed by atoms with van der Waals surface area (Å²) in [7, 11) is 0. The average Bonchev–Trinajstić information content (AvgIpc) is 2.50. The van der Waals surface area contributed by atoms with Crippen molar-refractivity contribution in [1.82, 2.24) is 0 Å². The van der Waals surface area contributed by atoms with Crippen molar-refractivity contribution in [2.75, 3.05) is 45.8 Å². The van der Waals surface area contributed by atoms with Gasteiger partial charge in [0.15, 0.2) is 0 Å². The third-order valence-corrected chi connectivity index (χ3v) is 5.82. The lowest BCUT2D eigenvalue weighted by Crippen LogP contribution is -3.00. The molecule has 3 saturated heterocycles. The second-order valence-corrected chi connectivity index (χ2v) is 6.72. The van der Waals surface area contributed by atoms with E-state index in [9.17, 15) is 0 Å². The molecule has 0 unspecified atom stereocenters. The molecule has 120 valence electrons. The van der Waals surface area contributed by atoms with Crippen molar-refractivity contribution in [3.63, 3.8) is 0 Å². The lowest BCUT2D eigenvalue weighted by atomic mass is 10.0. The molecule has 0 spiro atoms. The first-order valence-corrected chi connectivity index (χ1v) is 8.07. The van der Waals surface area contributed by atoms with E-state index in [0.717, 1.165) is 0 Å². The van der Waals surface area contributed by atoms with E-state index in [1.54, 1.807) is 0 Å². The van der Waals surface area contributed by atoms with Gasteiger partial charge < -0.3 is 38.4 Å². The monoisotopic (exact) mass is 394 g/mol. The molecule has 1 aromatic rings. The molecular formula is C16H25BrCl2N2. The number of piperazine rings is 3. The van der Waals surface area contributed by atoms with Crippen LogP contribution in [0.4, 0.5) is 0 Å². The molecule has 3 heterocycles. The standard InChI is InChI=1S/C16H25ClN2.BrH.ClH/c1-2-18-7-10-19(11-8-18,12-9-18)14-16-5-3-15(13-17)4-6-16;;/h3-6H,2,7-14H2,1H3;2*1H/q+2;;/p-2. The maximum Gasteiger partial charge on any atom is 0.129 e. The van der Waals surface area contributed by atoms with Crippen molar-refractivity contribution in [3.8, 4) is 0 Å². The molecule has 21 heavy (non-hydrogen) atoms. The van der Waals surface area contributed by atoms with Crippen LogP contribution in [0, 0.1) is 0 Å². The summed E-state index contributed by atoms with van der Waals surface area (Å²) in [5.74, 6) is 0.622. The minimum absolute atomic E-state index is 0. The van der Waals surface area contributed by atoms with Crippen LogP contribution in [0.15, 0.2) is 24.3 Å². The molecule has 3 fully saturated rings. The van der Waals surface area contributed by atoms with Gasteiger partial charge in [0.05, 0.1) is 6.54 Å². The Labute approximate surface area is 150 Å². The third kappa shape index (κ3) is 3.94. The third-order valence-electron chi connectivity index (χ3n) is 5.51. The number of benzene rings is 1. The van der Waals surface area contributed by atoms with Gasteiger partial charge in [-0.15, -0.1) is 11.6 Å². The highest BCUT2D eigenvalue weighted by Crippen LogP contribution is 2.28. The Morgan fingerprint density at radius 1 is 0.857 bits per heavy atom. The van der Waals surface area contributed by atoms with E-state index in [-0.39, 0.29) is 29.4 Å². The molecule has 0 aliphatic carbocycles. The summed E-state index contributed by atoms with van der Waals surface area (Å²) in [6.07, 6.45) is 0. The van der Waals surface area contributed by atoms with Crippen LogP contribution < -0.4 is 29.4 Å². The first-order chi connectivity index (χ1) is 9.19. The number of fused-ring (bicyclic) bond motifs is 3. The van der Waals surface area contributed by atoms with Crippen LogP contribution in [0.25, 0.3) is 0 Å². The largest absolute Gasteiger partial charge is 1.00 e. The summed E-state index contributed by atoms with van der Waals surface area (Å²) in [5.41, 5.74) is 2.71. The highest BCUT2D eigenvalue weighted by molar-refractivity contribution is 6.17. The van der Waals surface area contributed by atoms with E-state index in [1.165, 1.54) is 72.5 Å². The van der Waals surface area contributed by atoms with Crippen molar-refractivity contribution in [3.05, 3.63) is 35.4 Å². The van der Waals surface area contributed by atoms with Crippen molar-refractivity contribution in [2.45, 2.75) is 19.3 Å². The zero-order chi connectivity index (χ0) is 13.3. The normalized spacial score (nSPS) is 30.4. The Hall–Kier alpha value is 0.200. The molecule has 1 aromatic carbocycles. The highest BCUT2D eigenvalue weighted by Gasteiger charge is 2.47. The molecule has 0 aromatic heterocycles. The maximum absolute atomic E-state index is 5.86. The second kappa shape index (κ2) is 7.65. The number of halogens is 3. The first-order valence-electron chi connectivity index (χ1n) is 7.53. The second-order valence-electron chi connectivity index (χ2n) is 6.45. The molecule has 4 rings (SSSR count). The minimum atomic E-state index is 0. The molecule has 0 amide bonds. The molecule has 0 atom stereocenters. The summed E-state index contributed by atoms with van der Waals surface area (Å²) in [4.78, 5) is 0. The average molecular weight is 396 g/mol. The summed E-state index contributed by atoms with van der Waals surface area (Å²) in [6, 6.07) is 8.91. The van der Waals surface area contributed by atoms with E-state index in [0.29, 0.717) is 5.88 Å². The van der Waals surface area contributed by atoms with Crippen LogP contribution in [0.2, 0.25) is 0 Å². The fourth-order valence-corrected chi connectivity index (χ4v) is 3.95. The van der Waals surface area contributed by atoms with Crippen LogP contribution in [0.5, 0.6) is 0 Å². The van der Waals surface area contributed by atoms with Gasteiger partial charge in [-0.1, -0.05) is 24.3 Å². The maximum atomic E-state index is 5.86. The number of quaternary nitrogens is 2. The van der Waals surface area contributed by atoms with Gasteiger partial charge in [-0.3, -0.25) is 0 Å². The van der Waals surface area contributed by atoms with Gasteiger partial charge in [0, 0.05) is 11.4 Å². The highest BCUT2D eigenvalue weighted by atomic mass is 79.9. The molecular weight excluding hydrogens is 371 g/mol. The lowest BCUT2D eigenvalue weighted by Gasteiger charge is -2.55. The van der Waals surface area contributed by atoms with E-state index >= 15 is 0 Å². The van der Waals surface area contributed by atoms with Gasteiger partial charge in [-0.05, 0) is 12.5 Å². The van der Waals surface area contributed by atoms with Crippen molar-refractivity contribution in [2.24, 2.45) is 0 Å². The van der Waals surface area contributed by atoms with Crippen LogP contribution >= 0.6 is 11.6 Å². The van der Waals surface area contributed by atoms with E-state index in [4.69, 9.17) is 11.6 Å². The molecule has 0 radical (unpaired) electrons. The molecule has 0 saturated carbocycles. The number of hydrogen-bond donors (Lipinski definition) is 0. The summed E-state index contributed by atoms with van der Waals surface area (Å²) >= 11 is 5.86. The Morgan fingerprint density at radius 2 is 1.29 bits per heavy atom. The Balaban J connectivity index is 0.00000110. The van der Waals surface area contributed by atoms with Crippen molar-refractivity contribution >= 4 is 11.6 Å². The van der Waals surface area contributed by atoms with Gasteiger partial charge >= 0.3 is 0 Å². The zero-order valence-corrected chi connectivity index (χ0v) is 15.8. The van der Waals surface area contributed by atoms with Crippen LogP contribution in [0.3, 0.4) is 0 Å². The van der Waals surface area contributed by atoms with Gasteiger partial charge in [-0.25, -0.2) is 0 Å². The van der Waals surface area contributed by atoms with Crippen LogP contribution in [-0.4, -0.2) is 54.8 Å². The van der Waals surface area contributed by atoms with Gasteiger partial charge in [0.25, 0.3) is 0 Å². The zero-order valence-electron chi connectivity index (χ0n) is 12.7.